The van der Waals surface area contributed by atoms with Crippen molar-refractivity contribution < 1.29 is 22.3 Å². The number of ether oxygens (including phenoxy) is 1. The predicted molar refractivity (Wildman–Crippen MR) is 79.7 cm³/mol. The van der Waals surface area contributed by atoms with Gasteiger partial charge < -0.3 is 10.1 Å². The molecule has 7 heteroatoms. The van der Waals surface area contributed by atoms with Gasteiger partial charge in [0, 0.05) is 37.8 Å². The summed E-state index contributed by atoms with van der Waals surface area (Å²) in [6.45, 7) is 6.63. The summed E-state index contributed by atoms with van der Waals surface area (Å²) in [7, 11) is 0. The largest absolute Gasteiger partial charge is 0.573 e. The van der Waals surface area contributed by atoms with Gasteiger partial charge in [0.1, 0.15) is 11.6 Å². The van der Waals surface area contributed by atoms with Gasteiger partial charge in [-0.25, -0.2) is 4.39 Å². The molecule has 1 aliphatic rings. The molecule has 3 nitrogen and oxygen atoms in total. The van der Waals surface area contributed by atoms with Crippen LogP contribution in [0.2, 0.25) is 0 Å². The highest BCUT2D eigenvalue weighted by Gasteiger charge is 2.32. The molecule has 0 spiro atoms. The Balaban J connectivity index is 2.28. The number of nitrogens with one attached hydrogen (secondary N) is 1. The Hall–Kier alpha value is -1.60. The lowest BCUT2D eigenvalue weighted by molar-refractivity contribution is -0.274. The second kappa shape index (κ2) is 7.79. The fraction of sp³-hybridized carbons (Fsp3) is 0.500. The van der Waals surface area contributed by atoms with Crippen molar-refractivity contribution in [3.05, 3.63) is 42.2 Å². The minimum Gasteiger partial charge on any atom is -0.406 e. The highest BCUT2D eigenvalue weighted by atomic mass is 19.4. The highest BCUT2D eigenvalue weighted by molar-refractivity contribution is 5.32. The molecule has 0 bridgehead atoms. The lowest BCUT2D eigenvalue weighted by atomic mass is 9.98. The van der Waals surface area contributed by atoms with E-state index < -0.39 is 17.9 Å². The maximum atomic E-state index is 14.2. The average molecular weight is 332 g/mol. The SMILES string of the molecule is C=CCC[C@H](c1cc(OC(F)(F)F)ccc1F)N1CCNCC1. The number of hydrogen-bond acceptors (Lipinski definition) is 3. The van der Waals surface area contributed by atoms with Gasteiger partial charge in [0.05, 0.1) is 0 Å². The van der Waals surface area contributed by atoms with Crippen molar-refractivity contribution in [1.29, 1.82) is 0 Å². The standard InChI is InChI=1S/C16H20F4N2O/c1-2-3-4-15(22-9-7-21-8-10-22)13-11-12(5-6-14(13)17)23-16(18,19)20/h2,5-6,11,15,21H,1,3-4,7-10H2/t15-/m1/s1. The van der Waals surface area contributed by atoms with Gasteiger partial charge in [-0.15, -0.1) is 19.8 Å². The molecule has 23 heavy (non-hydrogen) atoms. The summed E-state index contributed by atoms with van der Waals surface area (Å²) in [6.07, 6.45) is -1.82. The zero-order valence-electron chi connectivity index (χ0n) is 12.7. The first-order chi connectivity index (χ1) is 10.9. The first kappa shape index (κ1) is 17.7. The molecule has 0 aromatic heterocycles. The number of nitrogens with zero attached hydrogens (tertiary/aromatic N) is 1. The predicted octanol–water partition coefficient (Wildman–Crippen LogP) is 3.64. The second-order valence-corrected chi connectivity index (χ2v) is 5.40. The first-order valence-corrected chi connectivity index (χ1v) is 7.51. The average Bonchev–Trinajstić information content (AvgIpc) is 2.50. The molecular formula is C16H20F4N2O. The van der Waals surface area contributed by atoms with Crippen LogP contribution < -0.4 is 10.1 Å². The maximum absolute atomic E-state index is 14.2. The Morgan fingerprint density at radius 1 is 1.30 bits per heavy atom. The lowest BCUT2D eigenvalue weighted by Crippen LogP contribution is -2.45. The van der Waals surface area contributed by atoms with E-state index in [2.05, 4.69) is 21.5 Å². The minimum absolute atomic E-state index is 0.232. The zero-order chi connectivity index (χ0) is 16.9. The zero-order valence-corrected chi connectivity index (χ0v) is 12.7. The van der Waals surface area contributed by atoms with Crippen LogP contribution >= 0.6 is 0 Å². The van der Waals surface area contributed by atoms with Crippen molar-refractivity contribution in [2.75, 3.05) is 26.2 Å². The van der Waals surface area contributed by atoms with Crippen LogP contribution in [0.4, 0.5) is 17.6 Å². The molecule has 0 unspecified atom stereocenters. The molecule has 1 heterocycles. The summed E-state index contributed by atoms with van der Waals surface area (Å²) in [5.74, 6) is -0.917. The third kappa shape index (κ3) is 5.21. The van der Waals surface area contributed by atoms with Gasteiger partial charge in [0.25, 0.3) is 0 Å². The lowest BCUT2D eigenvalue weighted by Gasteiger charge is -2.35. The Labute approximate surface area is 132 Å². The normalized spacial score (nSPS) is 17.7. The number of rotatable bonds is 6. The smallest absolute Gasteiger partial charge is 0.406 e. The summed E-state index contributed by atoms with van der Waals surface area (Å²) in [5, 5.41) is 3.21. The van der Waals surface area contributed by atoms with Gasteiger partial charge >= 0.3 is 6.36 Å². The van der Waals surface area contributed by atoms with E-state index >= 15 is 0 Å². The van der Waals surface area contributed by atoms with E-state index in [9.17, 15) is 17.6 Å². The molecule has 0 aliphatic carbocycles. The van der Waals surface area contributed by atoms with E-state index in [4.69, 9.17) is 0 Å². The highest BCUT2D eigenvalue weighted by Crippen LogP contribution is 2.32. The maximum Gasteiger partial charge on any atom is 0.573 e. The minimum atomic E-state index is -4.79. The van der Waals surface area contributed by atoms with Gasteiger partial charge in [-0.3, -0.25) is 4.90 Å². The van der Waals surface area contributed by atoms with E-state index in [0.717, 1.165) is 31.3 Å². The second-order valence-electron chi connectivity index (χ2n) is 5.40. The monoisotopic (exact) mass is 332 g/mol. The molecule has 0 saturated carbocycles. The van der Waals surface area contributed by atoms with Gasteiger partial charge in [0.2, 0.25) is 0 Å². The third-order valence-corrected chi connectivity index (χ3v) is 3.80. The molecule has 0 amide bonds. The van der Waals surface area contributed by atoms with Crippen molar-refractivity contribution in [3.8, 4) is 5.75 Å². The molecule has 1 atom stereocenters. The summed E-state index contributed by atoms with van der Waals surface area (Å²) < 4.78 is 55.3. The Bertz CT molecular complexity index is 527. The molecule has 1 N–H and O–H groups in total. The third-order valence-electron chi connectivity index (χ3n) is 3.80. The number of alkyl halides is 3. The quantitative estimate of drug-likeness (QED) is 0.636. The van der Waals surface area contributed by atoms with E-state index in [1.807, 2.05) is 0 Å². The van der Waals surface area contributed by atoms with E-state index in [-0.39, 0.29) is 11.6 Å². The number of allylic oxidation sites excluding steroid dienone is 1. The Morgan fingerprint density at radius 3 is 2.61 bits per heavy atom. The van der Waals surface area contributed by atoms with Crippen molar-refractivity contribution in [2.45, 2.75) is 25.2 Å². The molecule has 1 aliphatic heterocycles. The Morgan fingerprint density at radius 2 is 2.00 bits per heavy atom. The van der Waals surface area contributed by atoms with Gasteiger partial charge in [0.15, 0.2) is 0 Å². The summed E-state index contributed by atoms with van der Waals surface area (Å²) in [5.41, 5.74) is 0.232. The number of halogens is 4. The van der Waals surface area contributed by atoms with Crippen molar-refractivity contribution in [1.82, 2.24) is 10.2 Å². The van der Waals surface area contributed by atoms with Crippen LogP contribution in [0.5, 0.6) is 5.75 Å². The molecule has 128 valence electrons. The van der Waals surface area contributed by atoms with Crippen molar-refractivity contribution >= 4 is 0 Å². The van der Waals surface area contributed by atoms with Crippen molar-refractivity contribution in [3.63, 3.8) is 0 Å². The molecule has 2 rings (SSSR count). The number of hydrogen-bond donors (Lipinski definition) is 1. The fourth-order valence-corrected chi connectivity index (χ4v) is 2.78. The molecule has 1 fully saturated rings. The van der Waals surface area contributed by atoms with Crippen LogP contribution in [0.3, 0.4) is 0 Å². The van der Waals surface area contributed by atoms with Crippen LogP contribution in [-0.4, -0.2) is 37.4 Å². The van der Waals surface area contributed by atoms with Crippen LogP contribution in [0, 0.1) is 5.82 Å². The first-order valence-electron chi connectivity index (χ1n) is 7.51. The van der Waals surface area contributed by atoms with Crippen LogP contribution in [-0.2, 0) is 0 Å². The van der Waals surface area contributed by atoms with Gasteiger partial charge in [-0.2, -0.15) is 0 Å². The molecule has 1 aromatic carbocycles. The van der Waals surface area contributed by atoms with Crippen LogP contribution in [0.15, 0.2) is 30.9 Å². The summed E-state index contributed by atoms with van der Waals surface area (Å²) >= 11 is 0. The Kier molecular flexibility index (Phi) is 6.01. The van der Waals surface area contributed by atoms with E-state index in [1.54, 1.807) is 6.08 Å². The summed E-state index contributed by atoms with van der Waals surface area (Å²) in [4.78, 5) is 2.08. The van der Waals surface area contributed by atoms with Gasteiger partial charge in [-0.05, 0) is 31.0 Å². The molecular weight excluding hydrogens is 312 g/mol. The number of benzene rings is 1. The van der Waals surface area contributed by atoms with Gasteiger partial charge in [-0.1, -0.05) is 6.08 Å². The molecule has 0 radical (unpaired) electrons. The molecule has 1 saturated heterocycles. The summed E-state index contributed by atoms with van der Waals surface area (Å²) in [6, 6.07) is 2.87. The fourth-order valence-electron chi connectivity index (χ4n) is 2.78. The van der Waals surface area contributed by atoms with E-state index in [0.29, 0.717) is 25.9 Å². The number of piperazine rings is 1. The topological polar surface area (TPSA) is 24.5 Å². The van der Waals surface area contributed by atoms with Crippen molar-refractivity contribution in [2.24, 2.45) is 0 Å². The van der Waals surface area contributed by atoms with Crippen LogP contribution in [0.1, 0.15) is 24.4 Å². The molecule has 1 aromatic rings. The van der Waals surface area contributed by atoms with Crippen LogP contribution in [0.25, 0.3) is 0 Å². The van der Waals surface area contributed by atoms with E-state index in [1.165, 1.54) is 0 Å².